The zero-order valence-electron chi connectivity index (χ0n) is 22.7. The van der Waals surface area contributed by atoms with Crippen LogP contribution in [0.15, 0.2) is 84.9 Å². The second kappa shape index (κ2) is 12.9. The standard InChI is InChI=1S/C35H34ClNO2S/c1-2-6-26-8-3-4-9-27(26)14-18-33(40-24-35(19-20-35)23-34(38)39)29-10-5-7-25(21-29)11-16-31-17-13-28-12-15-30(36)22-32(28)37-31/h2-13,15-17,21-22,33H,14,18-20,23-24H2,1H3,(H,38,39)/b6-2+,16-11?/t33-/m1/s1. The molecule has 1 heterocycles. The van der Waals surface area contributed by atoms with Gasteiger partial charge < -0.3 is 5.11 Å². The number of nitrogens with zero attached hydrogens (tertiary/aromatic N) is 1. The zero-order valence-corrected chi connectivity index (χ0v) is 24.3. The lowest BCUT2D eigenvalue weighted by atomic mass is 9.98. The number of rotatable bonds is 12. The number of aromatic nitrogens is 1. The van der Waals surface area contributed by atoms with Crippen molar-refractivity contribution in [3.63, 3.8) is 0 Å². The van der Waals surface area contributed by atoms with Crippen molar-refractivity contribution < 1.29 is 9.90 Å². The highest BCUT2D eigenvalue weighted by atomic mass is 35.5. The molecule has 5 heteroatoms. The topological polar surface area (TPSA) is 50.2 Å². The fourth-order valence-electron chi connectivity index (χ4n) is 5.13. The van der Waals surface area contributed by atoms with Gasteiger partial charge in [-0.05, 0) is 84.6 Å². The summed E-state index contributed by atoms with van der Waals surface area (Å²) >= 11 is 8.09. The smallest absolute Gasteiger partial charge is 0.303 e. The van der Waals surface area contributed by atoms with E-state index in [1.165, 1.54) is 16.7 Å². The van der Waals surface area contributed by atoms with Gasteiger partial charge in [0.1, 0.15) is 0 Å². The van der Waals surface area contributed by atoms with Crippen LogP contribution >= 0.6 is 23.4 Å². The number of benzene rings is 3. The van der Waals surface area contributed by atoms with E-state index in [-0.39, 0.29) is 17.1 Å². The molecule has 204 valence electrons. The Balaban J connectivity index is 1.36. The van der Waals surface area contributed by atoms with Gasteiger partial charge in [-0.3, -0.25) is 4.79 Å². The molecule has 1 atom stereocenters. The van der Waals surface area contributed by atoms with E-state index >= 15 is 0 Å². The minimum Gasteiger partial charge on any atom is -0.481 e. The first-order valence-corrected chi connectivity index (χ1v) is 15.2. The van der Waals surface area contributed by atoms with E-state index in [4.69, 9.17) is 16.6 Å². The normalized spacial score (nSPS) is 15.2. The van der Waals surface area contributed by atoms with Crippen LogP contribution in [0.1, 0.15) is 65.8 Å². The first-order valence-electron chi connectivity index (χ1n) is 13.8. The third kappa shape index (κ3) is 7.44. The molecule has 1 aromatic heterocycles. The highest BCUT2D eigenvalue weighted by molar-refractivity contribution is 7.99. The predicted octanol–water partition coefficient (Wildman–Crippen LogP) is 9.75. The summed E-state index contributed by atoms with van der Waals surface area (Å²) in [5.41, 5.74) is 6.73. The van der Waals surface area contributed by atoms with Crippen LogP contribution in [0.25, 0.3) is 29.1 Å². The summed E-state index contributed by atoms with van der Waals surface area (Å²) < 4.78 is 0. The summed E-state index contributed by atoms with van der Waals surface area (Å²) in [5.74, 6) is 0.191. The average Bonchev–Trinajstić information content (AvgIpc) is 3.71. The van der Waals surface area contributed by atoms with Gasteiger partial charge in [0.15, 0.2) is 0 Å². The Morgan fingerprint density at radius 1 is 1.02 bits per heavy atom. The van der Waals surface area contributed by atoms with Gasteiger partial charge in [-0.1, -0.05) is 90.5 Å². The van der Waals surface area contributed by atoms with Gasteiger partial charge in [0, 0.05) is 21.4 Å². The van der Waals surface area contributed by atoms with Crippen molar-refractivity contribution in [2.24, 2.45) is 5.41 Å². The van der Waals surface area contributed by atoms with E-state index in [9.17, 15) is 9.90 Å². The molecule has 4 aromatic rings. The molecule has 3 aromatic carbocycles. The van der Waals surface area contributed by atoms with Crippen LogP contribution < -0.4 is 0 Å². The first-order chi connectivity index (χ1) is 19.4. The molecular weight excluding hydrogens is 534 g/mol. The van der Waals surface area contributed by atoms with Crippen molar-refractivity contribution in [3.8, 4) is 0 Å². The largest absolute Gasteiger partial charge is 0.481 e. The Kier molecular flexibility index (Phi) is 9.08. The number of aryl methyl sites for hydroxylation is 1. The number of thioether (sulfide) groups is 1. The summed E-state index contributed by atoms with van der Waals surface area (Å²) in [6.45, 7) is 2.05. The summed E-state index contributed by atoms with van der Waals surface area (Å²) in [7, 11) is 0. The fraction of sp³-hybridized carbons (Fsp3) is 0.257. The molecule has 1 aliphatic rings. The molecule has 1 fully saturated rings. The minimum atomic E-state index is -0.688. The fourth-order valence-corrected chi connectivity index (χ4v) is 6.86. The molecule has 0 radical (unpaired) electrons. The number of carboxylic acid groups (broad SMARTS) is 1. The molecular formula is C35H34ClNO2S. The summed E-state index contributed by atoms with van der Waals surface area (Å²) in [6.07, 6.45) is 12.6. The van der Waals surface area contributed by atoms with Crippen molar-refractivity contribution in [2.45, 2.75) is 44.3 Å². The van der Waals surface area contributed by atoms with Gasteiger partial charge >= 0.3 is 5.97 Å². The second-order valence-electron chi connectivity index (χ2n) is 10.7. The maximum Gasteiger partial charge on any atom is 0.303 e. The highest BCUT2D eigenvalue weighted by Crippen LogP contribution is 2.53. The van der Waals surface area contributed by atoms with Crippen molar-refractivity contribution in [1.82, 2.24) is 4.98 Å². The maximum atomic E-state index is 11.5. The molecule has 3 nitrogen and oxygen atoms in total. The quantitative estimate of drug-likeness (QED) is 0.185. The Morgan fingerprint density at radius 3 is 2.65 bits per heavy atom. The summed E-state index contributed by atoms with van der Waals surface area (Å²) in [4.78, 5) is 16.2. The molecule has 1 saturated carbocycles. The molecule has 0 saturated heterocycles. The van der Waals surface area contributed by atoms with Gasteiger partial charge in [0.05, 0.1) is 17.6 Å². The minimum absolute atomic E-state index is 0.0419. The first kappa shape index (κ1) is 28.2. The maximum absolute atomic E-state index is 11.5. The Labute approximate surface area is 246 Å². The van der Waals surface area contributed by atoms with Crippen LogP contribution in [0.3, 0.4) is 0 Å². The molecule has 40 heavy (non-hydrogen) atoms. The highest BCUT2D eigenvalue weighted by Gasteiger charge is 2.44. The summed E-state index contributed by atoms with van der Waals surface area (Å²) in [6, 6.07) is 27.1. The molecule has 0 amide bonds. The Morgan fingerprint density at radius 2 is 1.85 bits per heavy atom. The van der Waals surface area contributed by atoms with Crippen molar-refractivity contribution in [1.29, 1.82) is 0 Å². The second-order valence-corrected chi connectivity index (χ2v) is 12.3. The van der Waals surface area contributed by atoms with Crippen molar-refractivity contribution in [3.05, 3.63) is 118 Å². The lowest BCUT2D eigenvalue weighted by molar-refractivity contribution is -0.138. The van der Waals surface area contributed by atoms with E-state index in [2.05, 4.69) is 79.7 Å². The molecule has 1 aliphatic carbocycles. The van der Waals surface area contributed by atoms with Crippen LogP contribution in [-0.4, -0.2) is 21.8 Å². The monoisotopic (exact) mass is 567 g/mol. The third-order valence-corrected chi connectivity index (χ3v) is 9.48. The summed E-state index contributed by atoms with van der Waals surface area (Å²) in [5, 5.41) is 11.5. The molecule has 1 N–H and O–H groups in total. The SMILES string of the molecule is C/C=C/c1ccccc1CC[C@@H](SCC1(CC(=O)O)CC1)c1cccc(C=Cc2ccc3ccc(Cl)cc3n2)c1. The van der Waals surface area contributed by atoms with Crippen LogP contribution in [0.4, 0.5) is 0 Å². The number of carbonyl (C=O) groups is 1. The van der Waals surface area contributed by atoms with Gasteiger partial charge in [-0.2, -0.15) is 11.8 Å². The molecule has 0 aliphatic heterocycles. The number of pyridine rings is 1. The van der Waals surface area contributed by atoms with E-state index < -0.39 is 5.97 Å². The lowest BCUT2D eigenvalue weighted by Gasteiger charge is -2.21. The number of aliphatic carboxylic acids is 1. The van der Waals surface area contributed by atoms with E-state index in [0.29, 0.717) is 5.02 Å². The molecule has 0 bridgehead atoms. The molecule has 5 rings (SSSR count). The number of allylic oxidation sites excluding steroid dienone is 1. The zero-order chi connectivity index (χ0) is 28.0. The Hall–Kier alpha value is -3.34. The number of hydrogen-bond donors (Lipinski definition) is 1. The molecule has 0 unspecified atom stereocenters. The van der Waals surface area contributed by atoms with Gasteiger partial charge in [0.2, 0.25) is 0 Å². The number of carboxylic acids is 1. The van der Waals surface area contributed by atoms with Crippen LogP contribution in [0.5, 0.6) is 0 Å². The van der Waals surface area contributed by atoms with Crippen molar-refractivity contribution >= 4 is 58.5 Å². The van der Waals surface area contributed by atoms with Crippen LogP contribution in [0.2, 0.25) is 5.02 Å². The number of fused-ring (bicyclic) bond motifs is 1. The number of halogens is 1. The van der Waals surface area contributed by atoms with E-state index in [1.807, 2.05) is 42.1 Å². The van der Waals surface area contributed by atoms with E-state index in [1.54, 1.807) is 0 Å². The lowest BCUT2D eigenvalue weighted by Crippen LogP contribution is -2.12. The van der Waals surface area contributed by atoms with Crippen molar-refractivity contribution in [2.75, 3.05) is 5.75 Å². The van der Waals surface area contributed by atoms with Crippen LogP contribution in [-0.2, 0) is 11.2 Å². The van der Waals surface area contributed by atoms with Gasteiger partial charge in [-0.15, -0.1) is 0 Å². The third-order valence-electron chi connectivity index (χ3n) is 7.56. The van der Waals surface area contributed by atoms with E-state index in [0.717, 1.165) is 53.6 Å². The number of hydrogen-bond acceptors (Lipinski definition) is 3. The Bertz CT molecular complexity index is 1560. The van der Waals surface area contributed by atoms with Gasteiger partial charge in [-0.25, -0.2) is 4.98 Å². The predicted molar refractivity (Wildman–Crippen MR) is 171 cm³/mol. The molecule has 0 spiro atoms. The van der Waals surface area contributed by atoms with Crippen LogP contribution in [0, 0.1) is 5.41 Å². The van der Waals surface area contributed by atoms with Gasteiger partial charge in [0.25, 0.3) is 0 Å². The average molecular weight is 568 g/mol.